The molecule has 0 spiro atoms. The van der Waals surface area contributed by atoms with Crippen molar-refractivity contribution in [1.29, 1.82) is 0 Å². The number of ether oxygens (including phenoxy) is 1. The lowest BCUT2D eigenvalue weighted by molar-refractivity contribution is -0.145. The van der Waals surface area contributed by atoms with E-state index >= 15 is 0 Å². The molecule has 2 aromatic carbocycles. The predicted molar refractivity (Wildman–Crippen MR) is 104 cm³/mol. The summed E-state index contributed by atoms with van der Waals surface area (Å²) in [6.07, 6.45) is 0. The average Bonchev–Trinajstić information content (AvgIpc) is 2.83. The number of rotatable bonds is 2. The number of benzene rings is 2. The van der Waals surface area contributed by atoms with Crippen molar-refractivity contribution in [3.05, 3.63) is 57.0 Å². The molecule has 0 atom stereocenters. The highest BCUT2D eigenvalue weighted by molar-refractivity contribution is 6.42. The van der Waals surface area contributed by atoms with E-state index in [0.29, 0.717) is 46.9 Å². The number of nitrogens with zero attached hydrogens (tertiary/aromatic N) is 2. The molecule has 0 saturated carbocycles. The van der Waals surface area contributed by atoms with Crippen molar-refractivity contribution < 1.29 is 14.3 Å². The normalized spacial score (nSPS) is 18.0. The van der Waals surface area contributed by atoms with Gasteiger partial charge in [-0.3, -0.25) is 9.59 Å². The van der Waals surface area contributed by atoms with Crippen LogP contribution >= 0.6 is 34.8 Å². The Labute approximate surface area is 171 Å². The van der Waals surface area contributed by atoms with Crippen molar-refractivity contribution >= 4 is 46.6 Å². The molecule has 27 heavy (non-hydrogen) atoms. The van der Waals surface area contributed by atoms with E-state index in [1.54, 1.807) is 24.3 Å². The summed E-state index contributed by atoms with van der Waals surface area (Å²) in [6, 6.07) is 10.6. The minimum Gasteiger partial charge on any atom is -0.378 e. The van der Waals surface area contributed by atoms with Gasteiger partial charge in [0.25, 0.3) is 11.8 Å². The van der Waals surface area contributed by atoms with Gasteiger partial charge in [-0.1, -0.05) is 46.9 Å². The van der Waals surface area contributed by atoms with Gasteiger partial charge in [0.1, 0.15) is 5.92 Å². The Bertz CT molecular complexity index is 910. The average molecular weight is 426 g/mol. The quantitative estimate of drug-likeness (QED) is 0.683. The first-order valence-corrected chi connectivity index (χ1v) is 9.56. The van der Waals surface area contributed by atoms with Crippen LogP contribution in [0.3, 0.4) is 0 Å². The molecule has 2 aliphatic rings. The standard InChI is InChI=1S/C19H15Cl3N2O3/c20-14-3-1-11(12-2-4-15(21)16(22)10-12)9-13(14)17-18(25)23-5-7-27-8-6-24(23)19(17)26/h1-4,9-10,17H,5-8H2. The van der Waals surface area contributed by atoms with Gasteiger partial charge in [-0.25, -0.2) is 10.0 Å². The van der Waals surface area contributed by atoms with Crippen molar-refractivity contribution in [2.75, 3.05) is 26.3 Å². The van der Waals surface area contributed by atoms with E-state index < -0.39 is 5.92 Å². The highest BCUT2D eigenvalue weighted by atomic mass is 35.5. The molecule has 2 amide bonds. The number of halogens is 3. The molecule has 2 fully saturated rings. The lowest BCUT2D eigenvalue weighted by Crippen LogP contribution is -2.41. The molecule has 0 aromatic heterocycles. The summed E-state index contributed by atoms with van der Waals surface area (Å²) >= 11 is 18.5. The number of carbonyl (C=O) groups is 2. The Morgan fingerprint density at radius 2 is 1.33 bits per heavy atom. The highest BCUT2D eigenvalue weighted by Crippen LogP contribution is 2.37. The van der Waals surface area contributed by atoms with Crippen LogP contribution in [0.25, 0.3) is 11.1 Å². The first kappa shape index (κ1) is 18.6. The summed E-state index contributed by atoms with van der Waals surface area (Å²) in [4.78, 5) is 25.8. The molecule has 2 aromatic rings. The lowest BCUT2D eigenvalue weighted by Gasteiger charge is -2.23. The number of carbonyl (C=O) groups excluding carboxylic acids is 2. The fourth-order valence-corrected chi connectivity index (χ4v) is 3.92. The Balaban J connectivity index is 1.74. The molecule has 5 nitrogen and oxygen atoms in total. The number of fused-ring (bicyclic) bond motifs is 1. The SMILES string of the molecule is O=C1C(c2cc(-c3ccc(Cl)c(Cl)c3)ccc2Cl)C(=O)N2CCOCCN12. The molecule has 2 saturated heterocycles. The van der Waals surface area contributed by atoms with Crippen molar-refractivity contribution in [2.45, 2.75) is 5.92 Å². The Morgan fingerprint density at radius 3 is 1.93 bits per heavy atom. The molecule has 0 bridgehead atoms. The molecule has 8 heteroatoms. The van der Waals surface area contributed by atoms with E-state index in [1.807, 2.05) is 12.1 Å². The second kappa shape index (κ2) is 7.32. The second-order valence-electron chi connectivity index (χ2n) is 6.33. The van der Waals surface area contributed by atoms with Gasteiger partial charge in [0.2, 0.25) is 0 Å². The predicted octanol–water partition coefficient (Wildman–Crippen LogP) is 4.01. The van der Waals surface area contributed by atoms with Crippen LogP contribution in [-0.4, -0.2) is 48.1 Å². The van der Waals surface area contributed by atoms with E-state index in [9.17, 15) is 9.59 Å². The van der Waals surface area contributed by atoms with Crippen molar-refractivity contribution in [1.82, 2.24) is 10.0 Å². The van der Waals surface area contributed by atoms with Crippen LogP contribution in [0.4, 0.5) is 0 Å². The summed E-state index contributed by atoms with van der Waals surface area (Å²) in [6.45, 7) is 1.51. The van der Waals surface area contributed by atoms with Gasteiger partial charge in [-0.15, -0.1) is 0 Å². The monoisotopic (exact) mass is 424 g/mol. The zero-order valence-electron chi connectivity index (χ0n) is 14.1. The first-order chi connectivity index (χ1) is 13.0. The number of hydrogen-bond donors (Lipinski definition) is 0. The summed E-state index contributed by atoms with van der Waals surface area (Å²) in [5, 5.41) is 4.18. The largest absolute Gasteiger partial charge is 0.378 e. The van der Waals surface area contributed by atoms with Gasteiger partial charge >= 0.3 is 0 Å². The summed E-state index contributed by atoms with van der Waals surface area (Å²) < 4.78 is 5.35. The van der Waals surface area contributed by atoms with Crippen LogP contribution in [0, 0.1) is 0 Å². The zero-order chi connectivity index (χ0) is 19.1. The summed E-state index contributed by atoms with van der Waals surface area (Å²) in [5.74, 6) is -1.50. The number of hydrogen-bond acceptors (Lipinski definition) is 3. The molecule has 2 heterocycles. The molecular formula is C19H15Cl3N2O3. The van der Waals surface area contributed by atoms with Gasteiger partial charge in [0.15, 0.2) is 0 Å². The third kappa shape index (κ3) is 3.29. The maximum absolute atomic E-state index is 12.9. The van der Waals surface area contributed by atoms with E-state index in [-0.39, 0.29) is 11.8 Å². The molecule has 0 radical (unpaired) electrons. The van der Waals surface area contributed by atoms with Crippen LogP contribution in [0.2, 0.25) is 15.1 Å². The molecule has 0 N–H and O–H groups in total. The maximum atomic E-state index is 12.9. The Kier molecular flexibility index (Phi) is 5.03. The molecule has 140 valence electrons. The van der Waals surface area contributed by atoms with Gasteiger partial charge < -0.3 is 4.74 Å². The minimum atomic E-state index is -0.946. The fourth-order valence-electron chi connectivity index (χ4n) is 3.39. The van der Waals surface area contributed by atoms with Crippen LogP contribution in [-0.2, 0) is 14.3 Å². The zero-order valence-corrected chi connectivity index (χ0v) is 16.4. The third-order valence-corrected chi connectivity index (χ3v) is 5.83. The van der Waals surface area contributed by atoms with Gasteiger partial charge in [0.05, 0.1) is 36.3 Å². The number of hydrazine groups is 1. The van der Waals surface area contributed by atoms with Crippen LogP contribution in [0.5, 0.6) is 0 Å². The third-order valence-electron chi connectivity index (χ3n) is 4.75. The smallest absolute Gasteiger partial charge is 0.258 e. The molecule has 4 rings (SSSR count). The molecular weight excluding hydrogens is 411 g/mol. The maximum Gasteiger partial charge on any atom is 0.258 e. The van der Waals surface area contributed by atoms with Crippen molar-refractivity contribution in [2.24, 2.45) is 0 Å². The van der Waals surface area contributed by atoms with Gasteiger partial charge in [-0.05, 0) is 41.0 Å². The van der Waals surface area contributed by atoms with Crippen molar-refractivity contribution in [3.8, 4) is 11.1 Å². The highest BCUT2D eigenvalue weighted by Gasteiger charge is 2.47. The van der Waals surface area contributed by atoms with Crippen LogP contribution < -0.4 is 0 Å². The lowest BCUT2D eigenvalue weighted by atomic mass is 9.94. The van der Waals surface area contributed by atoms with Gasteiger partial charge in [0, 0.05) is 5.02 Å². The van der Waals surface area contributed by atoms with E-state index in [1.165, 1.54) is 10.0 Å². The van der Waals surface area contributed by atoms with E-state index in [0.717, 1.165) is 11.1 Å². The second-order valence-corrected chi connectivity index (χ2v) is 7.55. The van der Waals surface area contributed by atoms with Crippen molar-refractivity contribution in [3.63, 3.8) is 0 Å². The first-order valence-electron chi connectivity index (χ1n) is 8.42. The minimum absolute atomic E-state index is 0.279. The Morgan fingerprint density at radius 1 is 0.778 bits per heavy atom. The van der Waals surface area contributed by atoms with E-state index in [4.69, 9.17) is 39.5 Å². The van der Waals surface area contributed by atoms with Gasteiger partial charge in [-0.2, -0.15) is 0 Å². The van der Waals surface area contributed by atoms with E-state index in [2.05, 4.69) is 0 Å². The number of amides is 2. The molecule has 2 aliphatic heterocycles. The summed E-state index contributed by atoms with van der Waals surface area (Å²) in [7, 11) is 0. The molecule has 0 unspecified atom stereocenters. The summed E-state index contributed by atoms with van der Waals surface area (Å²) in [5.41, 5.74) is 2.11. The van der Waals surface area contributed by atoms with Crippen LogP contribution in [0.1, 0.15) is 11.5 Å². The van der Waals surface area contributed by atoms with Crippen LogP contribution in [0.15, 0.2) is 36.4 Å². The topological polar surface area (TPSA) is 49.9 Å². The molecule has 0 aliphatic carbocycles. The fraction of sp³-hybridized carbons (Fsp3) is 0.263. The Hall–Kier alpha value is -1.79.